The number of thiophene rings is 1. The molecule has 5 nitrogen and oxygen atoms in total. The van der Waals surface area contributed by atoms with E-state index in [0.29, 0.717) is 11.4 Å². The molecule has 1 amide bonds. The molecule has 1 aliphatic carbocycles. The number of nitrogens with zero attached hydrogens (tertiary/aromatic N) is 2. The highest BCUT2D eigenvalue weighted by molar-refractivity contribution is 7.17. The van der Waals surface area contributed by atoms with Gasteiger partial charge in [-0.05, 0) is 42.5 Å². The molecule has 0 spiro atoms. The summed E-state index contributed by atoms with van der Waals surface area (Å²) < 4.78 is 5.36. The van der Waals surface area contributed by atoms with Gasteiger partial charge in [0.25, 0.3) is 5.91 Å². The van der Waals surface area contributed by atoms with Crippen LogP contribution in [0.3, 0.4) is 0 Å². The number of ether oxygens (including phenoxy) is 1. The maximum atomic E-state index is 12.5. The summed E-state index contributed by atoms with van der Waals surface area (Å²) in [5.74, 6) is -0.781. The van der Waals surface area contributed by atoms with Crippen LogP contribution in [0.1, 0.15) is 34.1 Å². The van der Waals surface area contributed by atoms with Crippen LogP contribution in [-0.2, 0) is 22.4 Å². The molecular formula is C20H20N2O3S. The van der Waals surface area contributed by atoms with Gasteiger partial charge in [0.15, 0.2) is 6.10 Å². The van der Waals surface area contributed by atoms with E-state index >= 15 is 0 Å². The van der Waals surface area contributed by atoms with Crippen LogP contribution in [0, 0.1) is 11.3 Å². The molecule has 0 bridgehead atoms. The molecule has 3 rings (SSSR count). The van der Waals surface area contributed by atoms with Crippen molar-refractivity contribution < 1.29 is 14.3 Å². The molecule has 2 aromatic rings. The molecule has 0 unspecified atom stereocenters. The molecule has 134 valence electrons. The summed E-state index contributed by atoms with van der Waals surface area (Å²) in [6.07, 6.45) is 1.24. The van der Waals surface area contributed by atoms with E-state index in [9.17, 15) is 9.59 Å². The predicted molar refractivity (Wildman–Crippen MR) is 99.9 cm³/mol. The number of benzene rings is 1. The van der Waals surface area contributed by atoms with Gasteiger partial charge in [0.2, 0.25) is 0 Å². The molecule has 0 N–H and O–H groups in total. The molecule has 1 aromatic heterocycles. The highest BCUT2D eigenvalue weighted by Crippen LogP contribution is 2.39. The molecule has 1 aliphatic rings. The third-order valence-corrected chi connectivity index (χ3v) is 5.69. The van der Waals surface area contributed by atoms with Crippen molar-refractivity contribution in [3.8, 4) is 16.5 Å². The van der Waals surface area contributed by atoms with Crippen molar-refractivity contribution in [1.82, 2.24) is 4.90 Å². The van der Waals surface area contributed by atoms with E-state index in [0.717, 1.165) is 23.3 Å². The number of aryl methyl sites for hydroxylation is 2. The van der Waals surface area contributed by atoms with Crippen LogP contribution >= 0.6 is 11.3 Å². The Balaban J connectivity index is 1.71. The standard InChI is InChI=1S/C20H20N2O3S/c1-13(19(23)22(2)11-5-10-21)25-20(24)17-12-15-9-8-14-6-3-4-7-16(14)18(15)26-17/h3-4,6-7,12-13H,5,8-9,11H2,1-2H3/t13-/m1/s1. The van der Waals surface area contributed by atoms with Crippen molar-refractivity contribution in [3.05, 3.63) is 46.3 Å². The van der Waals surface area contributed by atoms with Gasteiger partial charge in [-0.25, -0.2) is 4.79 Å². The normalized spacial score (nSPS) is 13.1. The zero-order valence-corrected chi connectivity index (χ0v) is 15.6. The fourth-order valence-electron chi connectivity index (χ4n) is 3.08. The lowest BCUT2D eigenvalue weighted by Gasteiger charge is -2.20. The third kappa shape index (κ3) is 3.63. The maximum Gasteiger partial charge on any atom is 0.349 e. The average molecular weight is 368 g/mol. The molecule has 0 aliphatic heterocycles. The van der Waals surface area contributed by atoms with Gasteiger partial charge in [-0.2, -0.15) is 5.26 Å². The first-order valence-corrected chi connectivity index (χ1v) is 9.36. The van der Waals surface area contributed by atoms with Crippen molar-refractivity contribution in [2.45, 2.75) is 32.3 Å². The van der Waals surface area contributed by atoms with Crippen LogP contribution in [0.15, 0.2) is 30.3 Å². The number of likely N-dealkylation sites (N-methyl/N-ethyl adjacent to an activating group) is 1. The van der Waals surface area contributed by atoms with E-state index in [1.807, 2.05) is 24.3 Å². The monoisotopic (exact) mass is 368 g/mol. The molecule has 0 radical (unpaired) electrons. The molecule has 0 saturated heterocycles. The van der Waals surface area contributed by atoms with Crippen LogP contribution in [0.4, 0.5) is 0 Å². The third-order valence-electron chi connectivity index (χ3n) is 4.50. The van der Waals surface area contributed by atoms with Gasteiger partial charge in [-0.1, -0.05) is 24.3 Å². The van der Waals surface area contributed by atoms with E-state index < -0.39 is 12.1 Å². The van der Waals surface area contributed by atoms with Crippen molar-refractivity contribution in [2.75, 3.05) is 13.6 Å². The van der Waals surface area contributed by atoms with Gasteiger partial charge in [-0.3, -0.25) is 4.79 Å². The van der Waals surface area contributed by atoms with Crippen molar-refractivity contribution in [1.29, 1.82) is 5.26 Å². The number of amides is 1. The fourth-order valence-corrected chi connectivity index (χ4v) is 4.23. The summed E-state index contributed by atoms with van der Waals surface area (Å²) in [5, 5.41) is 8.61. The molecule has 26 heavy (non-hydrogen) atoms. The Kier molecular flexibility index (Phi) is 5.38. The number of nitriles is 1. The number of esters is 1. The first-order valence-electron chi connectivity index (χ1n) is 8.55. The van der Waals surface area contributed by atoms with Gasteiger partial charge in [-0.15, -0.1) is 11.3 Å². The van der Waals surface area contributed by atoms with E-state index in [1.165, 1.54) is 27.4 Å². The van der Waals surface area contributed by atoms with Gasteiger partial charge >= 0.3 is 5.97 Å². The van der Waals surface area contributed by atoms with Crippen LogP contribution in [0.25, 0.3) is 10.4 Å². The smallest absolute Gasteiger partial charge is 0.349 e. The Morgan fingerprint density at radius 2 is 2.04 bits per heavy atom. The lowest BCUT2D eigenvalue weighted by Crippen LogP contribution is -2.37. The lowest BCUT2D eigenvalue weighted by atomic mass is 9.91. The fraction of sp³-hybridized carbons (Fsp3) is 0.350. The summed E-state index contributed by atoms with van der Waals surface area (Å²) in [4.78, 5) is 27.8. The number of hydrogen-bond acceptors (Lipinski definition) is 5. The topological polar surface area (TPSA) is 70.4 Å². The Hall–Kier alpha value is -2.65. The molecule has 6 heteroatoms. The summed E-state index contributed by atoms with van der Waals surface area (Å²) in [5.41, 5.74) is 3.63. The number of carbonyl (C=O) groups is 2. The summed E-state index contributed by atoms with van der Waals surface area (Å²) in [6.45, 7) is 1.88. The van der Waals surface area contributed by atoms with Gasteiger partial charge in [0.1, 0.15) is 4.88 Å². The number of rotatable bonds is 5. The van der Waals surface area contributed by atoms with E-state index in [2.05, 4.69) is 12.1 Å². The first kappa shape index (κ1) is 18.2. The minimum absolute atomic E-state index is 0.250. The van der Waals surface area contributed by atoms with Crippen molar-refractivity contribution in [2.24, 2.45) is 0 Å². The second-order valence-electron chi connectivity index (χ2n) is 6.34. The van der Waals surface area contributed by atoms with Crippen molar-refractivity contribution >= 4 is 23.2 Å². The largest absolute Gasteiger partial charge is 0.448 e. The van der Waals surface area contributed by atoms with Gasteiger partial charge in [0, 0.05) is 18.5 Å². The van der Waals surface area contributed by atoms with E-state index in [-0.39, 0.29) is 12.3 Å². The Labute approximate surface area is 156 Å². The first-order chi connectivity index (χ1) is 12.5. The second kappa shape index (κ2) is 7.71. The minimum Gasteiger partial charge on any atom is -0.448 e. The van der Waals surface area contributed by atoms with Gasteiger partial charge < -0.3 is 9.64 Å². The molecule has 1 heterocycles. The number of carbonyl (C=O) groups excluding carboxylic acids is 2. The number of hydrogen-bond donors (Lipinski definition) is 0. The average Bonchev–Trinajstić information content (AvgIpc) is 3.10. The van der Waals surface area contributed by atoms with Gasteiger partial charge in [0.05, 0.1) is 12.5 Å². The van der Waals surface area contributed by atoms with Crippen LogP contribution in [0.2, 0.25) is 0 Å². The van der Waals surface area contributed by atoms with Crippen LogP contribution in [-0.4, -0.2) is 36.5 Å². The van der Waals surface area contributed by atoms with Crippen LogP contribution in [0.5, 0.6) is 0 Å². The van der Waals surface area contributed by atoms with Crippen LogP contribution < -0.4 is 0 Å². The Bertz CT molecular complexity index is 881. The predicted octanol–water partition coefficient (Wildman–Crippen LogP) is 3.43. The Morgan fingerprint density at radius 1 is 1.31 bits per heavy atom. The highest BCUT2D eigenvalue weighted by Gasteiger charge is 2.25. The summed E-state index contributed by atoms with van der Waals surface area (Å²) >= 11 is 1.42. The lowest BCUT2D eigenvalue weighted by molar-refractivity contribution is -0.138. The molecular weight excluding hydrogens is 348 g/mol. The van der Waals surface area contributed by atoms with E-state index in [1.54, 1.807) is 14.0 Å². The minimum atomic E-state index is -0.877. The zero-order valence-electron chi connectivity index (χ0n) is 14.8. The molecule has 0 fully saturated rings. The summed E-state index contributed by atoms with van der Waals surface area (Å²) in [6, 6.07) is 12.1. The highest BCUT2D eigenvalue weighted by atomic mass is 32.1. The van der Waals surface area contributed by atoms with Crippen molar-refractivity contribution in [3.63, 3.8) is 0 Å². The second-order valence-corrected chi connectivity index (χ2v) is 7.39. The zero-order chi connectivity index (χ0) is 18.7. The SMILES string of the molecule is C[C@@H](OC(=O)c1cc2c(s1)-c1ccccc1CC2)C(=O)N(C)CCC#N. The maximum absolute atomic E-state index is 12.5. The van der Waals surface area contributed by atoms with E-state index in [4.69, 9.17) is 10.00 Å². The molecule has 0 saturated carbocycles. The quantitative estimate of drug-likeness (QED) is 0.758. The molecule has 1 aromatic carbocycles. The Morgan fingerprint density at radius 3 is 2.81 bits per heavy atom. The number of fused-ring (bicyclic) bond motifs is 3. The summed E-state index contributed by atoms with van der Waals surface area (Å²) in [7, 11) is 1.60. The molecule has 1 atom stereocenters.